The third-order valence-electron chi connectivity index (χ3n) is 5.99. The molecule has 0 saturated carbocycles. The van der Waals surface area contributed by atoms with E-state index >= 15 is 0 Å². The summed E-state index contributed by atoms with van der Waals surface area (Å²) < 4.78 is 6.52. The van der Waals surface area contributed by atoms with Gasteiger partial charge in [-0.1, -0.05) is 12.1 Å². The first-order valence-electron chi connectivity index (χ1n) is 10.9. The van der Waals surface area contributed by atoms with Crippen LogP contribution in [0.15, 0.2) is 35.4 Å². The number of rotatable bonds is 6. The molecule has 3 heterocycles. The molecule has 166 valence electrons. The highest BCUT2D eigenvalue weighted by atomic mass is 32.1. The number of hydrogen-bond acceptors (Lipinski definition) is 6. The van der Waals surface area contributed by atoms with Crippen molar-refractivity contribution in [1.29, 1.82) is 0 Å². The van der Waals surface area contributed by atoms with Crippen LogP contribution in [0.2, 0.25) is 0 Å². The van der Waals surface area contributed by atoms with Gasteiger partial charge in [-0.05, 0) is 48.9 Å². The molecule has 2 aliphatic rings. The van der Waals surface area contributed by atoms with E-state index in [1.807, 2.05) is 24.3 Å². The first-order valence-corrected chi connectivity index (χ1v) is 11.7. The van der Waals surface area contributed by atoms with Crippen LogP contribution in [0, 0.1) is 0 Å². The lowest BCUT2D eigenvalue weighted by Crippen LogP contribution is -2.27. The molecule has 0 unspecified atom stereocenters. The van der Waals surface area contributed by atoms with Crippen molar-refractivity contribution >= 4 is 39.2 Å². The van der Waals surface area contributed by atoms with Gasteiger partial charge in [0.15, 0.2) is 0 Å². The van der Waals surface area contributed by atoms with Crippen LogP contribution in [-0.2, 0) is 35.5 Å². The smallest absolute Gasteiger partial charge is 0.414 e. The highest BCUT2D eigenvalue weighted by Gasteiger charge is 2.23. The van der Waals surface area contributed by atoms with Crippen molar-refractivity contribution in [1.82, 2.24) is 14.9 Å². The van der Waals surface area contributed by atoms with E-state index in [1.165, 1.54) is 11.3 Å². The fourth-order valence-electron chi connectivity index (χ4n) is 4.31. The number of hydrogen-bond donors (Lipinski definition) is 1. The van der Waals surface area contributed by atoms with Crippen LogP contribution in [0.3, 0.4) is 0 Å². The van der Waals surface area contributed by atoms with E-state index in [1.54, 1.807) is 27.1 Å². The molecule has 1 fully saturated rings. The van der Waals surface area contributed by atoms with Crippen LogP contribution in [0.4, 0.5) is 10.5 Å². The molecular formula is C23H24N4O4S. The zero-order chi connectivity index (χ0) is 22.1. The molecule has 5 rings (SSSR count). The number of nitrogens with zero attached hydrogens (tertiary/aromatic N) is 3. The molecule has 1 aromatic carbocycles. The predicted octanol–water partition coefficient (Wildman–Crippen LogP) is 3.00. The average molecular weight is 453 g/mol. The Kier molecular flexibility index (Phi) is 5.65. The maximum absolute atomic E-state index is 13.0. The van der Waals surface area contributed by atoms with Gasteiger partial charge in [0.25, 0.3) is 5.56 Å². The molecule has 1 aliphatic heterocycles. The Hall–Kier alpha value is -3.20. The summed E-state index contributed by atoms with van der Waals surface area (Å²) in [5.41, 5.74) is 2.76. The average Bonchev–Trinajstić information content (AvgIpc) is 3.41. The number of nitrogens with one attached hydrogen (secondary N) is 1. The largest absolute Gasteiger partial charge is 0.447 e. The standard InChI is InChI=1S/C23H24N4O4S/c28-19(24-13-15-4-3-5-16(12-15)27-10-11-31-23(27)30)8-9-26-14-25-21-20(22(26)29)17-6-1-2-7-18(17)32-21/h3-5,12,14H,1-2,6-11,13H2,(H,24,28). The maximum Gasteiger partial charge on any atom is 0.414 e. The SMILES string of the molecule is O=C(CCn1cnc2sc3c(c2c1=O)CCCC3)NCc1cccc(N2CCOC2=O)c1. The summed E-state index contributed by atoms with van der Waals surface area (Å²) in [6.07, 6.45) is 5.63. The van der Waals surface area contributed by atoms with Crippen molar-refractivity contribution in [2.45, 2.75) is 45.2 Å². The molecule has 1 N–H and O–H groups in total. The summed E-state index contributed by atoms with van der Waals surface area (Å²) in [7, 11) is 0. The number of amides is 2. The van der Waals surface area contributed by atoms with Crippen molar-refractivity contribution in [3.63, 3.8) is 0 Å². The summed E-state index contributed by atoms with van der Waals surface area (Å²) in [6.45, 7) is 1.54. The van der Waals surface area contributed by atoms with Gasteiger partial charge in [-0.15, -0.1) is 11.3 Å². The molecule has 1 saturated heterocycles. The lowest BCUT2D eigenvalue weighted by Gasteiger charge is -2.14. The van der Waals surface area contributed by atoms with Gasteiger partial charge in [-0.3, -0.25) is 19.1 Å². The molecule has 0 atom stereocenters. The fraction of sp³-hybridized carbons (Fsp3) is 0.391. The molecule has 2 amide bonds. The Morgan fingerprint density at radius 2 is 2.09 bits per heavy atom. The minimum Gasteiger partial charge on any atom is -0.447 e. The summed E-state index contributed by atoms with van der Waals surface area (Å²) in [5.74, 6) is -0.143. The van der Waals surface area contributed by atoms with Gasteiger partial charge in [0.1, 0.15) is 11.4 Å². The number of cyclic esters (lactones) is 1. The first kappa shape index (κ1) is 20.7. The second kappa shape index (κ2) is 8.74. The molecule has 0 spiro atoms. The number of carbonyl (C=O) groups is 2. The van der Waals surface area contributed by atoms with Crippen LogP contribution in [0.25, 0.3) is 10.2 Å². The minimum atomic E-state index is -0.353. The van der Waals surface area contributed by atoms with Crippen molar-refractivity contribution in [2.75, 3.05) is 18.1 Å². The second-order valence-corrected chi connectivity index (χ2v) is 9.18. The third kappa shape index (κ3) is 4.00. The van der Waals surface area contributed by atoms with E-state index in [0.717, 1.165) is 46.3 Å². The van der Waals surface area contributed by atoms with Crippen LogP contribution in [0.5, 0.6) is 0 Å². The van der Waals surface area contributed by atoms with Crippen molar-refractivity contribution in [3.8, 4) is 0 Å². The van der Waals surface area contributed by atoms with Gasteiger partial charge >= 0.3 is 6.09 Å². The number of carbonyl (C=O) groups excluding carboxylic acids is 2. The molecule has 3 aromatic rings. The lowest BCUT2D eigenvalue weighted by atomic mass is 9.97. The van der Waals surface area contributed by atoms with Crippen LogP contribution < -0.4 is 15.8 Å². The number of aryl methyl sites for hydroxylation is 3. The highest BCUT2D eigenvalue weighted by Crippen LogP contribution is 2.33. The topological polar surface area (TPSA) is 93.5 Å². The van der Waals surface area contributed by atoms with E-state index in [9.17, 15) is 14.4 Å². The molecule has 32 heavy (non-hydrogen) atoms. The Morgan fingerprint density at radius 3 is 2.94 bits per heavy atom. The normalized spacial score (nSPS) is 15.6. The molecule has 8 nitrogen and oxygen atoms in total. The molecule has 2 aromatic heterocycles. The van der Waals surface area contributed by atoms with Crippen molar-refractivity contribution < 1.29 is 14.3 Å². The fourth-order valence-corrected chi connectivity index (χ4v) is 5.53. The Balaban J connectivity index is 1.21. The van der Waals surface area contributed by atoms with Gasteiger partial charge in [0.2, 0.25) is 5.91 Å². The van der Waals surface area contributed by atoms with E-state index in [4.69, 9.17) is 4.74 Å². The van der Waals surface area contributed by atoms with Crippen LogP contribution in [0.1, 0.15) is 35.3 Å². The Bertz CT molecular complexity index is 1250. The quantitative estimate of drug-likeness (QED) is 0.621. The van der Waals surface area contributed by atoms with Crippen molar-refractivity contribution in [3.05, 3.63) is 57.0 Å². The van der Waals surface area contributed by atoms with Gasteiger partial charge in [0.05, 0.1) is 18.3 Å². The summed E-state index contributed by atoms with van der Waals surface area (Å²) in [6, 6.07) is 7.46. The molecule has 0 radical (unpaired) electrons. The highest BCUT2D eigenvalue weighted by molar-refractivity contribution is 7.18. The van der Waals surface area contributed by atoms with Crippen LogP contribution >= 0.6 is 11.3 Å². The zero-order valence-electron chi connectivity index (χ0n) is 17.6. The summed E-state index contributed by atoms with van der Waals surface area (Å²) >= 11 is 1.63. The molecular weight excluding hydrogens is 428 g/mol. The number of fused-ring (bicyclic) bond motifs is 3. The summed E-state index contributed by atoms with van der Waals surface area (Å²) in [4.78, 5) is 45.3. The van der Waals surface area contributed by atoms with Crippen molar-refractivity contribution in [2.24, 2.45) is 0 Å². The minimum absolute atomic E-state index is 0.0487. The molecule has 9 heteroatoms. The second-order valence-electron chi connectivity index (χ2n) is 8.10. The van der Waals surface area contributed by atoms with E-state index in [-0.39, 0.29) is 30.5 Å². The van der Waals surface area contributed by atoms with Gasteiger partial charge in [-0.25, -0.2) is 9.78 Å². The number of anilines is 1. The van der Waals surface area contributed by atoms with Gasteiger partial charge in [-0.2, -0.15) is 0 Å². The van der Waals surface area contributed by atoms with Gasteiger partial charge in [0, 0.05) is 30.1 Å². The number of benzene rings is 1. The summed E-state index contributed by atoms with van der Waals surface area (Å²) in [5, 5.41) is 3.63. The van der Waals surface area contributed by atoms with E-state index in [2.05, 4.69) is 10.3 Å². The zero-order valence-corrected chi connectivity index (χ0v) is 18.5. The monoisotopic (exact) mass is 452 g/mol. The maximum atomic E-state index is 13.0. The van der Waals surface area contributed by atoms with E-state index < -0.39 is 0 Å². The lowest BCUT2D eigenvalue weighted by molar-refractivity contribution is -0.121. The van der Waals surface area contributed by atoms with Crippen LogP contribution in [-0.4, -0.2) is 34.7 Å². The number of thiophene rings is 1. The number of ether oxygens (including phenoxy) is 1. The van der Waals surface area contributed by atoms with Gasteiger partial charge < -0.3 is 10.1 Å². The Morgan fingerprint density at radius 1 is 1.22 bits per heavy atom. The molecule has 0 bridgehead atoms. The first-order chi connectivity index (χ1) is 15.6. The third-order valence-corrected chi connectivity index (χ3v) is 7.19. The molecule has 1 aliphatic carbocycles. The number of aromatic nitrogens is 2. The predicted molar refractivity (Wildman–Crippen MR) is 122 cm³/mol. The van der Waals surface area contributed by atoms with E-state index in [0.29, 0.717) is 19.7 Å². The Labute approximate surface area is 188 Å².